The average Bonchev–Trinajstić information content (AvgIpc) is 2.66. The van der Waals surface area contributed by atoms with E-state index in [4.69, 9.17) is 0 Å². The molecule has 1 atom stereocenters. The first-order valence-electron chi connectivity index (χ1n) is 6.75. The lowest BCUT2D eigenvalue weighted by atomic mass is 9.75. The Hall–Kier alpha value is -0.340. The first-order valence-corrected chi connectivity index (χ1v) is 7.54. The Morgan fingerprint density at radius 3 is 2.47 bits per heavy atom. The maximum atomic E-state index is 3.50. The smallest absolute Gasteiger partial charge is 0.0175 e. The van der Waals surface area contributed by atoms with E-state index >= 15 is 0 Å². The van der Waals surface area contributed by atoms with Crippen LogP contribution in [-0.2, 0) is 0 Å². The molecule has 1 heterocycles. The molecule has 0 N–H and O–H groups in total. The van der Waals surface area contributed by atoms with Gasteiger partial charge in [0.25, 0.3) is 0 Å². The van der Waals surface area contributed by atoms with E-state index in [1.165, 1.54) is 42.3 Å². The lowest BCUT2D eigenvalue weighted by Crippen LogP contribution is -2.45. The van der Waals surface area contributed by atoms with E-state index in [0.29, 0.717) is 0 Å². The van der Waals surface area contributed by atoms with Crippen LogP contribution in [0.4, 0.5) is 0 Å². The zero-order valence-corrected chi connectivity index (χ0v) is 12.0. The third-order valence-corrected chi connectivity index (χ3v) is 5.06. The summed E-state index contributed by atoms with van der Waals surface area (Å²) < 4.78 is 1.19. The third kappa shape index (κ3) is 2.30. The Morgan fingerprint density at radius 2 is 1.88 bits per heavy atom. The monoisotopic (exact) mass is 293 g/mol. The van der Waals surface area contributed by atoms with Crippen LogP contribution >= 0.6 is 15.9 Å². The fourth-order valence-corrected chi connectivity index (χ4v) is 3.63. The van der Waals surface area contributed by atoms with Crippen molar-refractivity contribution < 1.29 is 0 Å². The summed E-state index contributed by atoms with van der Waals surface area (Å²) >= 11 is 3.50. The second-order valence-corrected chi connectivity index (χ2v) is 6.52. The maximum absolute atomic E-state index is 3.50. The molecule has 1 aliphatic carbocycles. The predicted octanol–water partition coefficient (Wildman–Crippen LogP) is 4.18. The van der Waals surface area contributed by atoms with Crippen molar-refractivity contribution in [3.8, 4) is 0 Å². The number of likely N-dealkylation sites (tertiary alicyclic amines) is 1. The fourth-order valence-electron chi connectivity index (χ4n) is 3.36. The quantitative estimate of drug-likeness (QED) is 0.791. The highest BCUT2D eigenvalue weighted by molar-refractivity contribution is 9.10. The van der Waals surface area contributed by atoms with Gasteiger partial charge in [0.15, 0.2) is 0 Å². The summed E-state index contributed by atoms with van der Waals surface area (Å²) in [5.74, 6) is 0.806. The van der Waals surface area contributed by atoms with Crippen molar-refractivity contribution in [1.29, 1.82) is 0 Å². The number of halogens is 1. The molecule has 17 heavy (non-hydrogen) atoms. The van der Waals surface area contributed by atoms with Crippen LogP contribution in [0, 0.1) is 0 Å². The second kappa shape index (κ2) is 4.74. The van der Waals surface area contributed by atoms with Crippen LogP contribution in [0.3, 0.4) is 0 Å². The Morgan fingerprint density at radius 1 is 1.18 bits per heavy atom. The van der Waals surface area contributed by atoms with Gasteiger partial charge in [-0.15, -0.1) is 0 Å². The summed E-state index contributed by atoms with van der Waals surface area (Å²) in [7, 11) is 0. The van der Waals surface area contributed by atoms with Gasteiger partial charge in [0.05, 0.1) is 0 Å². The third-order valence-electron chi connectivity index (χ3n) is 4.53. The minimum atomic E-state index is 0.806. The molecule has 2 heteroatoms. The highest BCUT2D eigenvalue weighted by atomic mass is 79.9. The summed E-state index contributed by atoms with van der Waals surface area (Å²) in [5.41, 5.74) is 1.52. The lowest BCUT2D eigenvalue weighted by Gasteiger charge is -2.43. The molecular formula is C15H20BrN. The molecule has 3 rings (SSSR count). The van der Waals surface area contributed by atoms with Crippen LogP contribution in [0.15, 0.2) is 28.7 Å². The van der Waals surface area contributed by atoms with E-state index in [9.17, 15) is 0 Å². The van der Waals surface area contributed by atoms with Crippen LogP contribution in [0.25, 0.3) is 0 Å². The summed E-state index contributed by atoms with van der Waals surface area (Å²) in [6.45, 7) is 3.72. The molecule has 2 aliphatic rings. The fraction of sp³-hybridized carbons (Fsp3) is 0.600. The molecule has 1 aromatic carbocycles. The Balaban J connectivity index is 1.59. The van der Waals surface area contributed by atoms with Crippen molar-refractivity contribution >= 4 is 15.9 Å². The summed E-state index contributed by atoms with van der Waals surface area (Å²) in [5, 5.41) is 0. The van der Waals surface area contributed by atoms with Crippen LogP contribution < -0.4 is 0 Å². The van der Waals surface area contributed by atoms with Gasteiger partial charge in [-0.2, -0.15) is 0 Å². The molecule has 1 aromatic rings. The van der Waals surface area contributed by atoms with Gasteiger partial charge >= 0.3 is 0 Å². The van der Waals surface area contributed by atoms with Crippen LogP contribution in [0.1, 0.15) is 44.1 Å². The number of hydrogen-bond donors (Lipinski definition) is 0. The zero-order valence-electron chi connectivity index (χ0n) is 10.4. The SMILES string of the molecule is CC1CCCN1[C@H]1C[C@@H](c2ccc(Br)cc2)C1. The van der Waals surface area contributed by atoms with E-state index in [0.717, 1.165) is 18.0 Å². The van der Waals surface area contributed by atoms with Crippen molar-refractivity contribution in [1.82, 2.24) is 4.90 Å². The normalized spacial score (nSPS) is 33.6. The van der Waals surface area contributed by atoms with E-state index in [1.807, 2.05) is 0 Å². The van der Waals surface area contributed by atoms with Crippen LogP contribution in [0.5, 0.6) is 0 Å². The second-order valence-electron chi connectivity index (χ2n) is 5.60. The maximum Gasteiger partial charge on any atom is 0.0175 e. The number of nitrogens with zero attached hydrogens (tertiary/aromatic N) is 1. The molecule has 0 amide bonds. The molecule has 1 saturated carbocycles. The summed E-state index contributed by atoms with van der Waals surface area (Å²) in [4.78, 5) is 2.73. The molecule has 0 spiro atoms. The standard InChI is InChI=1S/C15H20BrN/c1-11-3-2-8-17(11)15-9-13(10-15)12-4-6-14(16)7-5-12/h4-7,11,13,15H,2-3,8-10H2,1H3/t11?,13-,15+. The van der Waals surface area contributed by atoms with Crippen molar-refractivity contribution in [2.24, 2.45) is 0 Å². The molecular weight excluding hydrogens is 274 g/mol. The van der Waals surface area contributed by atoms with E-state index in [1.54, 1.807) is 0 Å². The van der Waals surface area contributed by atoms with Gasteiger partial charge in [-0.3, -0.25) is 4.90 Å². The van der Waals surface area contributed by atoms with Crippen LogP contribution in [0.2, 0.25) is 0 Å². The minimum absolute atomic E-state index is 0.806. The van der Waals surface area contributed by atoms with Gasteiger partial charge in [0, 0.05) is 16.6 Å². The summed E-state index contributed by atoms with van der Waals surface area (Å²) in [6, 6.07) is 10.6. The Bertz CT molecular complexity index is 380. The van der Waals surface area contributed by atoms with Gasteiger partial charge in [-0.25, -0.2) is 0 Å². The van der Waals surface area contributed by atoms with Gasteiger partial charge in [-0.05, 0) is 62.8 Å². The van der Waals surface area contributed by atoms with Gasteiger partial charge in [0.1, 0.15) is 0 Å². The molecule has 0 bridgehead atoms. The molecule has 0 aromatic heterocycles. The molecule has 1 aliphatic heterocycles. The number of hydrogen-bond acceptors (Lipinski definition) is 1. The summed E-state index contributed by atoms with van der Waals surface area (Å²) in [6.07, 6.45) is 5.54. The lowest BCUT2D eigenvalue weighted by molar-refractivity contribution is 0.103. The first-order chi connectivity index (χ1) is 8.24. The van der Waals surface area contributed by atoms with Crippen molar-refractivity contribution in [2.45, 2.75) is 50.6 Å². The molecule has 0 radical (unpaired) electrons. The van der Waals surface area contributed by atoms with Crippen molar-refractivity contribution in [2.75, 3.05) is 6.54 Å². The Kier molecular flexibility index (Phi) is 3.27. The van der Waals surface area contributed by atoms with E-state index in [2.05, 4.69) is 52.0 Å². The molecule has 92 valence electrons. The van der Waals surface area contributed by atoms with Crippen LogP contribution in [-0.4, -0.2) is 23.5 Å². The molecule has 1 saturated heterocycles. The largest absolute Gasteiger partial charge is 0.298 e. The van der Waals surface area contributed by atoms with E-state index < -0.39 is 0 Å². The van der Waals surface area contributed by atoms with Gasteiger partial charge < -0.3 is 0 Å². The molecule has 1 nitrogen and oxygen atoms in total. The predicted molar refractivity (Wildman–Crippen MR) is 75.3 cm³/mol. The first kappa shape index (κ1) is 11.7. The highest BCUT2D eigenvalue weighted by Gasteiger charge is 2.37. The Labute approximate surface area is 112 Å². The minimum Gasteiger partial charge on any atom is -0.298 e. The van der Waals surface area contributed by atoms with E-state index in [-0.39, 0.29) is 0 Å². The van der Waals surface area contributed by atoms with Crippen molar-refractivity contribution in [3.63, 3.8) is 0 Å². The van der Waals surface area contributed by atoms with Gasteiger partial charge in [-0.1, -0.05) is 28.1 Å². The molecule has 2 fully saturated rings. The molecule has 1 unspecified atom stereocenters. The number of benzene rings is 1. The average molecular weight is 294 g/mol. The van der Waals surface area contributed by atoms with Gasteiger partial charge in [0.2, 0.25) is 0 Å². The van der Waals surface area contributed by atoms with Crippen molar-refractivity contribution in [3.05, 3.63) is 34.3 Å². The zero-order chi connectivity index (χ0) is 11.8. The number of rotatable bonds is 2. The topological polar surface area (TPSA) is 3.24 Å². The highest BCUT2D eigenvalue weighted by Crippen LogP contribution is 2.42.